The molecule has 3 rings (SSSR count). The van der Waals surface area contributed by atoms with Gasteiger partial charge in [-0.15, -0.1) is 0 Å². The predicted octanol–water partition coefficient (Wildman–Crippen LogP) is 2.27. The first kappa shape index (κ1) is 15.8. The molecule has 1 heterocycles. The van der Waals surface area contributed by atoms with E-state index in [4.69, 9.17) is 5.73 Å². The van der Waals surface area contributed by atoms with Crippen LogP contribution in [0.5, 0.6) is 0 Å². The standard InChI is InChI=1S/C17H24F2N2O/c18-15-4-1-11(6-16(15)19)8-21-9-12(5-14(20)10-21)7-17(22)13-2-3-13/h1,4,6,12-14,17,22H,2-3,5,7-10,20H2. The smallest absolute Gasteiger partial charge is 0.159 e. The van der Waals surface area contributed by atoms with Crippen LogP contribution >= 0.6 is 0 Å². The Balaban J connectivity index is 1.58. The summed E-state index contributed by atoms with van der Waals surface area (Å²) in [5.74, 6) is -0.758. The summed E-state index contributed by atoms with van der Waals surface area (Å²) in [7, 11) is 0. The van der Waals surface area contributed by atoms with Crippen molar-refractivity contribution >= 4 is 0 Å². The Kier molecular flexibility index (Phi) is 4.76. The van der Waals surface area contributed by atoms with Gasteiger partial charge in [-0.25, -0.2) is 8.78 Å². The summed E-state index contributed by atoms with van der Waals surface area (Å²) in [4.78, 5) is 2.19. The molecule has 122 valence electrons. The minimum absolute atomic E-state index is 0.0791. The number of nitrogens with zero attached hydrogens (tertiary/aromatic N) is 1. The van der Waals surface area contributed by atoms with Gasteiger partial charge < -0.3 is 10.8 Å². The number of rotatable bonds is 5. The molecule has 1 saturated heterocycles. The van der Waals surface area contributed by atoms with Crippen molar-refractivity contribution in [2.75, 3.05) is 13.1 Å². The lowest BCUT2D eigenvalue weighted by atomic mass is 9.88. The minimum atomic E-state index is -0.815. The first-order valence-corrected chi connectivity index (χ1v) is 8.11. The second kappa shape index (κ2) is 6.60. The number of nitrogens with two attached hydrogens (primary N) is 1. The highest BCUT2D eigenvalue weighted by atomic mass is 19.2. The average molecular weight is 310 g/mol. The lowest BCUT2D eigenvalue weighted by Gasteiger charge is -2.37. The van der Waals surface area contributed by atoms with Crippen LogP contribution in [0.2, 0.25) is 0 Å². The average Bonchev–Trinajstić information content (AvgIpc) is 3.26. The van der Waals surface area contributed by atoms with Gasteiger partial charge in [-0.3, -0.25) is 4.90 Å². The zero-order valence-electron chi connectivity index (χ0n) is 12.7. The summed E-state index contributed by atoms with van der Waals surface area (Å²) in [5.41, 5.74) is 6.89. The van der Waals surface area contributed by atoms with E-state index in [9.17, 15) is 13.9 Å². The molecule has 1 aliphatic heterocycles. The minimum Gasteiger partial charge on any atom is -0.393 e. The monoisotopic (exact) mass is 310 g/mol. The van der Waals surface area contributed by atoms with Gasteiger partial charge in [0.15, 0.2) is 11.6 Å². The molecule has 0 amide bonds. The van der Waals surface area contributed by atoms with E-state index < -0.39 is 11.6 Å². The lowest BCUT2D eigenvalue weighted by Crippen LogP contribution is -2.47. The van der Waals surface area contributed by atoms with E-state index in [-0.39, 0.29) is 12.1 Å². The molecule has 1 aromatic rings. The molecule has 1 saturated carbocycles. The molecule has 3 unspecified atom stereocenters. The zero-order chi connectivity index (χ0) is 15.7. The molecule has 0 bridgehead atoms. The number of halogens is 2. The van der Waals surface area contributed by atoms with Crippen molar-refractivity contribution in [1.29, 1.82) is 0 Å². The Bertz CT molecular complexity index is 521. The first-order valence-electron chi connectivity index (χ1n) is 8.11. The van der Waals surface area contributed by atoms with Crippen molar-refractivity contribution in [1.82, 2.24) is 4.90 Å². The van der Waals surface area contributed by atoms with Crippen LogP contribution in [0.25, 0.3) is 0 Å². The summed E-state index contributed by atoms with van der Waals surface area (Å²) in [6, 6.07) is 4.12. The molecule has 1 aromatic carbocycles. The van der Waals surface area contributed by atoms with Crippen LogP contribution in [0, 0.1) is 23.5 Å². The summed E-state index contributed by atoms with van der Waals surface area (Å²) >= 11 is 0. The van der Waals surface area contributed by atoms with Crippen LogP contribution in [-0.2, 0) is 6.54 Å². The highest BCUT2D eigenvalue weighted by molar-refractivity contribution is 5.17. The van der Waals surface area contributed by atoms with Gasteiger partial charge >= 0.3 is 0 Å². The molecule has 2 aliphatic rings. The van der Waals surface area contributed by atoms with Gasteiger partial charge in [0, 0.05) is 25.7 Å². The number of aliphatic hydroxyl groups excluding tert-OH is 1. The van der Waals surface area contributed by atoms with E-state index in [1.165, 1.54) is 12.1 Å². The molecular formula is C17H24F2N2O. The molecule has 3 N–H and O–H groups in total. The fourth-order valence-electron chi connectivity index (χ4n) is 3.56. The van der Waals surface area contributed by atoms with Crippen LogP contribution in [0.1, 0.15) is 31.2 Å². The van der Waals surface area contributed by atoms with Crippen LogP contribution in [0.15, 0.2) is 18.2 Å². The molecule has 3 nitrogen and oxygen atoms in total. The van der Waals surface area contributed by atoms with E-state index in [1.807, 2.05) is 0 Å². The molecule has 0 aromatic heterocycles. The molecule has 2 fully saturated rings. The Labute approximate surface area is 130 Å². The third-order valence-electron chi connectivity index (χ3n) is 4.78. The highest BCUT2D eigenvalue weighted by Gasteiger charge is 2.33. The fraction of sp³-hybridized carbons (Fsp3) is 0.647. The lowest BCUT2D eigenvalue weighted by molar-refractivity contribution is 0.0780. The Hall–Kier alpha value is -1.04. The summed E-state index contributed by atoms with van der Waals surface area (Å²) in [5, 5.41) is 10.1. The van der Waals surface area contributed by atoms with Crippen LogP contribution in [-0.4, -0.2) is 35.2 Å². The Morgan fingerprint density at radius 1 is 1.23 bits per heavy atom. The highest BCUT2D eigenvalue weighted by Crippen LogP contribution is 2.36. The summed E-state index contributed by atoms with van der Waals surface area (Å²) < 4.78 is 26.3. The normalized spacial score (nSPS) is 27.8. The van der Waals surface area contributed by atoms with E-state index in [2.05, 4.69) is 4.90 Å². The van der Waals surface area contributed by atoms with E-state index in [0.29, 0.717) is 18.4 Å². The molecule has 3 atom stereocenters. The molecule has 1 aliphatic carbocycles. The largest absolute Gasteiger partial charge is 0.393 e. The molecule has 22 heavy (non-hydrogen) atoms. The molecule has 5 heteroatoms. The molecule has 0 radical (unpaired) electrons. The van der Waals surface area contributed by atoms with Crippen molar-refractivity contribution in [3.05, 3.63) is 35.4 Å². The summed E-state index contributed by atoms with van der Waals surface area (Å²) in [6.07, 6.45) is 3.79. The first-order chi connectivity index (χ1) is 10.5. The number of hydrogen-bond donors (Lipinski definition) is 2. The second-order valence-corrected chi connectivity index (χ2v) is 6.94. The van der Waals surface area contributed by atoms with Gasteiger partial charge in [0.25, 0.3) is 0 Å². The number of aliphatic hydroxyl groups is 1. The second-order valence-electron chi connectivity index (χ2n) is 6.94. The quantitative estimate of drug-likeness (QED) is 0.877. The van der Waals surface area contributed by atoms with Gasteiger partial charge in [0.1, 0.15) is 0 Å². The van der Waals surface area contributed by atoms with Gasteiger partial charge in [0.2, 0.25) is 0 Å². The number of piperidine rings is 1. The maximum Gasteiger partial charge on any atom is 0.159 e. The van der Waals surface area contributed by atoms with Crippen molar-refractivity contribution in [3.63, 3.8) is 0 Å². The Morgan fingerprint density at radius 2 is 2.00 bits per heavy atom. The van der Waals surface area contributed by atoms with Crippen molar-refractivity contribution in [3.8, 4) is 0 Å². The Morgan fingerprint density at radius 3 is 2.68 bits per heavy atom. The van der Waals surface area contributed by atoms with Crippen LogP contribution in [0.4, 0.5) is 8.78 Å². The van der Waals surface area contributed by atoms with Crippen molar-refractivity contribution in [2.45, 2.75) is 44.4 Å². The molecular weight excluding hydrogens is 286 g/mol. The third-order valence-corrected chi connectivity index (χ3v) is 4.78. The van der Waals surface area contributed by atoms with Gasteiger partial charge in [-0.1, -0.05) is 6.07 Å². The van der Waals surface area contributed by atoms with Crippen molar-refractivity contribution < 1.29 is 13.9 Å². The number of likely N-dealkylation sites (tertiary alicyclic amines) is 1. The topological polar surface area (TPSA) is 49.5 Å². The fourth-order valence-corrected chi connectivity index (χ4v) is 3.56. The van der Waals surface area contributed by atoms with Crippen molar-refractivity contribution in [2.24, 2.45) is 17.6 Å². The maximum atomic E-state index is 13.3. The van der Waals surface area contributed by atoms with Crippen LogP contribution in [0.3, 0.4) is 0 Å². The van der Waals surface area contributed by atoms with Gasteiger partial charge in [-0.05, 0) is 55.2 Å². The zero-order valence-corrected chi connectivity index (χ0v) is 12.7. The summed E-state index contributed by atoms with van der Waals surface area (Å²) in [6.45, 7) is 2.19. The third kappa shape index (κ3) is 4.03. The number of benzene rings is 1. The van der Waals surface area contributed by atoms with Crippen LogP contribution < -0.4 is 5.73 Å². The number of hydrogen-bond acceptors (Lipinski definition) is 3. The predicted molar refractivity (Wildman–Crippen MR) is 81.1 cm³/mol. The molecule has 0 spiro atoms. The SMILES string of the molecule is NC1CC(CC(O)C2CC2)CN(Cc2ccc(F)c(F)c2)C1. The maximum absolute atomic E-state index is 13.3. The van der Waals surface area contributed by atoms with E-state index in [0.717, 1.165) is 44.3 Å². The van der Waals surface area contributed by atoms with Gasteiger partial charge in [-0.2, -0.15) is 0 Å². The van der Waals surface area contributed by atoms with E-state index in [1.54, 1.807) is 6.07 Å². The van der Waals surface area contributed by atoms with E-state index >= 15 is 0 Å². The van der Waals surface area contributed by atoms with Gasteiger partial charge in [0.05, 0.1) is 6.10 Å².